The maximum Gasteiger partial charge on any atom is 0.250 e. The van der Waals surface area contributed by atoms with Crippen molar-refractivity contribution >= 4 is 19.8 Å². The average molecular weight is 289 g/mol. The first kappa shape index (κ1) is 14.7. The van der Waals surface area contributed by atoms with Crippen LogP contribution in [0.1, 0.15) is 20.8 Å². The normalized spacial score (nSPS) is 12.2. The topological polar surface area (TPSA) is 49.9 Å². The lowest BCUT2D eigenvalue weighted by atomic mass is 10.2. The fraction of sp³-hybridized carbons (Fsp3) is 0.400. The summed E-state index contributed by atoms with van der Waals surface area (Å²) in [5.41, 5.74) is 1.01. The zero-order valence-electron chi connectivity index (χ0n) is 12.8. The smallest absolute Gasteiger partial charge is 0.250 e. The number of nitrogens with one attached hydrogen (secondary N) is 2. The third-order valence-corrected chi connectivity index (χ3v) is 8.17. The molecule has 0 atom stereocenters. The van der Waals surface area contributed by atoms with E-state index in [2.05, 4.69) is 49.4 Å². The van der Waals surface area contributed by atoms with Crippen LogP contribution in [0.4, 0.5) is 11.5 Å². The van der Waals surface area contributed by atoms with Crippen LogP contribution >= 0.6 is 0 Å². The molecular weight excluding hydrogens is 266 g/mol. The van der Waals surface area contributed by atoms with E-state index in [-0.39, 0.29) is 5.04 Å². The Morgan fingerprint density at radius 3 is 2.25 bits per heavy atom. The van der Waals surface area contributed by atoms with Gasteiger partial charge in [-0.1, -0.05) is 20.8 Å². The monoisotopic (exact) mass is 289 g/mol. The van der Waals surface area contributed by atoms with Gasteiger partial charge in [-0.2, -0.15) is 5.10 Å². The number of rotatable bonds is 4. The molecule has 0 bridgehead atoms. The molecule has 1 aromatic carbocycles. The lowest BCUT2D eigenvalue weighted by molar-refractivity contribution is 0.492. The summed E-state index contributed by atoms with van der Waals surface area (Å²) in [5.74, 6) is 1.81. The third kappa shape index (κ3) is 3.42. The molecule has 4 nitrogen and oxygen atoms in total. The molecule has 0 aliphatic heterocycles. The minimum absolute atomic E-state index is 0.208. The maximum absolute atomic E-state index is 6.25. The molecule has 2 N–H and O–H groups in total. The second-order valence-electron chi connectivity index (χ2n) is 6.48. The van der Waals surface area contributed by atoms with Crippen LogP contribution in [-0.2, 0) is 0 Å². The van der Waals surface area contributed by atoms with Crippen molar-refractivity contribution in [3.63, 3.8) is 0 Å². The van der Waals surface area contributed by atoms with Crippen molar-refractivity contribution < 1.29 is 4.43 Å². The van der Waals surface area contributed by atoms with E-state index in [1.54, 1.807) is 6.20 Å². The Labute approximate surface area is 121 Å². The molecule has 1 heterocycles. The van der Waals surface area contributed by atoms with Crippen molar-refractivity contribution in [1.82, 2.24) is 10.2 Å². The van der Waals surface area contributed by atoms with Gasteiger partial charge in [0, 0.05) is 11.8 Å². The van der Waals surface area contributed by atoms with Crippen molar-refractivity contribution in [2.75, 3.05) is 5.32 Å². The predicted molar refractivity (Wildman–Crippen MR) is 86.1 cm³/mol. The van der Waals surface area contributed by atoms with Gasteiger partial charge in [-0.25, -0.2) is 0 Å². The van der Waals surface area contributed by atoms with E-state index in [0.717, 1.165) is 17.3 Å². The van der Waals surface area contributed by atoms with E-state index in [1.165, 1.54) is 0 Å². The Kier molecular flexibility index (Phi) is 3.90. The summed E-state index contributed by atoms with van der Waals surface area (Å²) < 4.78 is 6.25. The standard InChI is InChI=1S/C15H23N3OSi/c1-15(2,3)20(4,5)19-13-8-6-12(7-9-13)17-14-10-11-16-18-14/h6-11H,1-5H3,(H2,16,17,18). The molecule has 0 unspecified atom stereocenters. The molecule has 20 heavy (non-hydrogen) atoms. The summed E-state index contributed by atoms with van der Waals surface area (Å²) in [6, 6.07) is 9.95. The summed E-state index contributed by atoms with van der Waals surface area (Å²) in [4.78, 5) is 0. The molecule has 0 saturated heterocycles. The van der Waals surface area contributed by atoms with E-state index < -0.39 is 8.32 Å². The van der Waals surface area contributed by atoms with E-state index >= 15 is 0 Å². The summed E-state index contributed by atoms with van der Waals surface area (Å²) in [5, 5.41) is 10.2. The highest BCUT2D eigenvalue weighted by Crippen LogP contribution is 2.37. The third-order valence-electron chi connectivity index (χ3n) is 3.81. The van der Waals surface area contributed by atoms with Crippen LogP contribution in [0, 0.1) is 0 Å². The number of hydrogen-bond acceptors (Lipinski definition) is 3. The van der Waals surface area contributed by atoms with E-state index in [1.807, 2.05) is 30.3 Å². The minimum atomic E-state index is -1.76. The fourth-order valence-corrected chi connectivity index (χ4v) is 2.57. The Hall–Kier alpha value is -1.75. The van der Waals surface area contributed by atoms with Crippen LogP contribution < -0.4 is 9.74 Å². The van der Waals surface area contributed by atoms with Gasteiger partial charge < -0.3 is 9.74 Å². The zero-order valence-corrected chi connectivity index (χ0v) is 13.8. The van der Waals surface area contributed by atoms with Crippen LogP contribution in [0.25, 0.3) is 0 Å². The molecule has 0 radical (unpaired) electrons. The summed E-state index contributed by atoms with van der Waals surface area (Å²) in [7, 11) is -1.76. The van der Waals surface area contributed by atoms with Gasteiger partial charge in [0.2, 0.25) is 8.32 Å². The summed E-state index contributed by atoms with van der Waals surface area (Å²) >= 11 is 0. The largest absolute Gasteiger partial charge is 0.544 e. The first-order valence-corrected chi connectivity index (χ1v) is 9.74. The molecule has 2 rings (SSSR count). The number of anilines is 2. The zero-order chi connectivity index (χ0) is 14.8. The van der Waals surface area contributed by atoms with Gasteiger partial charge in [0.15, 0.2) is 0 Å². The van der Waals surface area contributed by atoms with Crippen LogP contribution in [0.2, 0.25) is 18.1 Å². The van der Waals surface area contributed by atoms with Gasteiger partial charge in [-0.05, 0) is 42.4 Å². The van der Waals surface area contributed by atoms with Gasteiger partial charge in [-0.3, -0.25) is 5.10 Å². The van der Waals surface area contributed by atoms with Gasteiger partial charge in [-0.15, -0.1) is 0 Å². The number of aromatic amines is 1. The van der Waals surface area contributed by atoms with E-state index in [4.69, 9.17) is 4.43 Å². The minimum Gasteiger partial charge on any atom is -0.544 e. The molecule has 0 aliphatic rings. The number of nitrogens with zero attached hydrogens (tertiary/aromatic N) is 1. The molecular formula is C15H23N3OSi. The molecule has 0 fully saturated rings. The number of hydrogen-bond donors (Lipinski definition) is 2. The lowest BCUT2D eigenvalue weighted by Crippen LogP contribution is -2.43. The van der Waals surface area contributed by atoms with Crippen LogP contribution in [0.15, 0.2) is 36.5 Å². The second-order valence-corrected chi connectivity index (χ2v) is 11.2. The molecule has 0 spiro atoms. The molecule has 5 heteroatoms. The molecule has 0 aliphatic carbocycles. The van der Waals surface area contributed by atoms with Crippen LogP contribution in [-0.4, -0.2) is 18.5 Å². The number of H-pyrrole nitrogens is 1. The first-order chi connectivity index (χ1) is 9.28. The Morgan fingerprint density at radius 2 is 1.75 bits per heavy atom. The van der Waals surface area contributed by atoms with Crippen LogP contribution in [0.3, 0.4) is 0 Å². The highest BCUT2D eigenvalue weighted by Gasteiger charge is 2.38. The summed E-state index contributed by atoms with van der Waals surface area (Å²) in [6.07, 6.45) is 1.72. The van der Waals surface area contributed by atoms with Crippen molar-refractivity contribution in [2.24, 2.45) is 0 Å². The summed E-state index contributed by atoms with van der Waals surface area (Å²) in [6.45, 7) is 11.2. The van der Waals surface area contributed by atoms with Gasteiger partial charge in [0.05, 0.1) is 6.20 Å². The Morgan fingerprint density at radius 1 is 1.10 bits per heavy atom. The van der Waals surface area contributed by atoms with Crippen molar-refractivity contribution in [3.8, 4) is 5.75 Å². The Bertz CT molecular complexity index is 541. The van der Waals surface area contributed by atoms with Gasteiger partial charge >= 0.3 is 0 Å². The SMILES string of the molecule is CC(C)(C)[Si](C)(C)Oc1ccc(Nc2ccn[nH]2)cc1. The highest BCUT2D eigenvalue weighted by atomic mass is 28.4. The van der Waals surface area contributed by atoms with Crippen LogP contribution in [0.5, 0.6) is 5.75 Å². The van der Waals surface area contributed by atoms with E-state index in [0.29, 0.717) is 0 Å². The molecule has 1 aromatic heterocycles. The molecule has 108 valence electrons. The molecule has 2 aromatic rings. The predicted octanol–water partition coefficient (Wildman–Crippen LogP) is 4.54. The maximum atomic E-state index is 6.25. The van der Waals surface area contributed by atoms with Crippen molar-refractivity contribution in [3.05, 3.63) is 36.5 Å². The fourth-order valence-electron chi connectivity index (χ4n) is 1.54. The van der Waals surface area contributed by atoms with Crippen molar-refractivity contribution in [1.29, 1.82) is 0 Å². The number of aromatic nitrogens is 2. The lowest BCUT2D eigenvalue weighted by Gasteiger charge is -2.36. The Balaban J connectivity index is 2.05. The van der Waals surface area contributed by atoms with Gasteiger partial charge in [0.1, 0.15) is 11.6 Å². The van der Waals surface area contributed by atoms with Crippen molar-refractivity contribution in [2.45, 2.75) is 38.9 Å². The molecule has 0 saturated carbocycles. The first-order valence-electron chi connectivity index (χ1n) is 6.83. The van der Waals surface area contributed by atoms with Gasteiger partial charge in [0.25, 0.3) is 0 Å². The highest BCUT2D eigenvalue weighted by molar-refractivity contribution is 6.74. The number of benzene rings is 1. The second kappa shape index (κ2) is 5.32. The molecule has 0 amide bonds. The quantitative estimate of drug-likeness (QED) is 0.813. The van der Waals surface area contributed by atoms with E-state index in [9.17, 15) is 0 Å². The average Bonchev–Trinajstić information content (AvgIpc) is 2.83.